The van der Waals surface area contributed by atoms with E-state index in [9.17, 15) is 26.7 Å². The van der Waals surface area contributed by atoms with E-state index in [2.05, 4.69) is 15.4 Å². The Kier molecular flexibility index (Phi) is 7.19. The summed E-state index contributed by atoms with van der Waals surface area (Å²) in [6.45, 7) is 3.72. The minimum atomic E-state index is -5.46. The Bertz CT molecular complexity index is 1390. The molecule has 14 heteroatoms. The summed E-state index contributed by atoms with van der Waals surface area (Å²) in [5.74, 6) is 0. The summed E-state index contributed by atoms with van der Waals surface area (Å²) in [5, 5.41) is 19.7. The number of anilines is 1. The number of pyridine rings is 1. The van der Waals surface area contributed by atoms with E-state index >= 15 is 0 Å². The monoisotopic (exact) mass is 544 g/mol. The molecule has 1 atom stereocenters. The van der Waals surface area contributed by atoms with Gasteiger partial charge in [-0.05, 0) is 42.7 Å². The molecule has 0 amide bonds. The zero-order valence-electron chi connectivity index (χ0n) is 19.4. The van der Waals surface area contributed by atoms with Crippen molar-refractivity contribution in [3.05, 3.63) is 64.1 Å². The molecule has 0 radical (unpaired) electrons. The van der Waals surface area contributed by atoms with Crippen LogP contribution in [0.2, 0.25) is 5.02 Å². The van der Waals surface area contributed by atoms with Crippen LogP contribution in [0.4, 0.5) is 18.9 Å². The van der Waals surface area contributed by atoms with Gasteiger partial charge in [0, 0.05) is 12.7 Å². The second-order valence-electron chi connectivity index (χ2n) is 8.20. The summed E-state index contributed by atoms with van der Waals surface area (Å²) in [6, 6.07) is 8.83. The highest BCUT2D eigenvalue weighted by atomic mass is 35.5. The van der Waals surface area contributed by atoms with Gasteiger partial charge in [0.1, 0.15) is 18.2 Å². The van der Waals surface area contributed by atoms with Gasteiger partial charge in [0.05, 0.1) is 35.2 Å². The number of imidazole rings is 1. The third-order valence-corrected chi connectivity index (χ3v) is 7.67. The summed E-state index contributed by atoms with van der Waals surface area (Å²) in [5.41, 5.74) is -1.03. The Morgan fingerprint density at radius 1 is 1.22 bits per heavy atom. The van der Waals surface area contributed by atoms with Crippen molar-refractivity contribution in [1.29, 1.82) is 0 Å². The van der Waals surface area contributed by atoms with E-state index in [0.717, 1.165) is 16.8 Å². The van der Waals surface area contributed by atoms with Gasteiger partial charge in [0.25, 0.3) is 0 Å². The molecular weight excluding hydrogens is 521 g/mol. The van der Waals surface area contributed by atoms with Gasteiger partial charge in [0.15, 0.2) is 0 Å². The molecule has 3 aromatic rings. The lowest BCUT2D eigenvalue weighted by Gasteiger charge is -2.29. The normalized spacial score (nSPS) is 15.6. The zero-order valence-corrected chi connectivity index (χ0v) is 20.9. The van der Waals surface area contributed by atoms with Crippen LogP contribution in [0.15, 0.2) is 41.6 Å². The average Bonchev–Trinajstić information content (AvgIpc) is 3.19. The Hall–Kier alpha value is -2.87. The molecule has 0 bridgehead atoms. The number of aryl methyl sites for hydroxylation is 2. The molecule has 1 aromatic carbocycles. The standard InChI is InChI=1S/C22H24ClF3N6O3S/c1-3-18-20(31-12-17(23)14(2)10-19(31)29-18)21(33)27-11-15-4-6-16(7-5-15)32-9-8-30(13-28-32)36(34,35)22(24,25)26/h4-7,10,12-13,21,27,33H,3,8-9,11H2,1-2H3. The van der Waals surface area contributed by atoms with Gasteiger partial charge in [-0.25, -0.2) is 9.29 Å². The van der Waals surface area contributed by atoms with Crippen LogP contribution >= 0.6 is 11.6 Å². The van der Waals surface area contributed by atoms with Crippen LogP contribution in [0.5, 0.6) is 0 Å². The van der Waals surface area contributed by atoms with E-state index in [0.29, 0.717) is 41.4 Å². The maximum Gasteiger partial charge on any atom is 0.516 e. The molecule has 0 saturated heterocycles. The van der Waals surface area contributed by atoms with Crippen molar-refractivity contribution < 1.29 is 26.7 Å². The molecule has 0 fully saturated rings. The maximum atomic E-state index is 12.7. The fourth-order valence-electron chi connectivity index (χ4n) is 3.81. The number of benzene rings is 1. The number of aliphatic hydroxyl groups is 1. The predicted molar refractivity (Wildman–Crippen MR) is 130 cm³/mol. The number of nitrogens with zero attached hydrogens (tertiary/aromatic N) is 5. The minimum Gasteiger partial charge on any atom is -0.373 e. The van der Waals surface area contributed by atoms with E-state index in [1.165, 1.54) is 5.01 Å². The molecule has 2 aromatic heterocycles. The van der Waals surface area contributed by atoms with Crippen molar-refractivity contribution in [3.63, 3.8) is 0 Å². The molecule has 0 aliphatic carbocycles. The number of hydrogen-bond acceptors (Lipinski definition) is 7. The van der Waals surface area contributed by atoms with E-state index in [1.807, 2.05) is 19.9 Å². The second kappa shape index (κ2) is 9.88. The Balaban J connectivity index is 1.43. The van der Waals surface area contributed by atoms with Crippen LogP contribution in [0, 0.1) is 6.92 Å². The van der Waals surface area contributed by atoms with Crippen LogP contribution < -0.4 is 10.3 Å². The van der Waals surface area contributed by atoms with Gasteiger partial charge in [-0.1, -0.05) is 30.7 Å². The van der Waals surface area contributed by atoms with E-state index in [4.69, 9.17) is 11.6 Å². The number of hydrogen-bond donors (Lipinski definition) is 2. The summed E-state index contributed by atoms with van der Waals surface area (Å²) < 4.78 is 63.1. The number of aliphatic hydroxyl groups excluding tert-OH is 1. The van der Waals surface area contributed by atoms with Gasteiger partial charge in [-0.2, -0.15) is 26.7 Å². The Labute approximate surface area is 210 Å². The molecule has 1 unspecified atom stereocenters. The van der Waals surface area contributed by atoms with Gasteiger partial charge >= 0.3 is 15.5 Å². The van der Waals surface area contributed by atoms with Crippen LogP contribution in [0.25, 0.3) is 5.65 Å². The molecular formula is C22H24ClF3N6O3S. The van der Waals surface area contributed by atoms with Crippen LogP contribution in [0.1, 0.15) is 35.7 Å². The first-order valence-corrected chi connectivity index (χ1v) is 12.8. The number of sulfonamides is 1. The number of hydrazone groups is 1. The number of aromatic nitrogens is 2. The number of alkyl halides is 3. The van der Waals surface area contributed by atoms with Gasteiger partial charge in [-0.15, -0.1) is 0 Å². The number of halogens is 4. The largest absolute Gasteiger partial charge is 0.516 e. The SMILES string of the molecule is CCc1nc2cc(C)c(Cl)cn2c1C(O)NCc1ccc(N2CCN(S(=O)(=O)C(F)(F)F)C=N2)cc1. The highest BCUT2D eigenvalue weighted by Crippen LogP contribution is 2.28. The highest BCUT2D eigenvalue weighted by molar-refractivity contribution is 7.90. The average molecular weight is 545 g/mol. The van der Waals surface area contributed by atoms with Gasteiger partial charge in [0.2, 0.25) is 0 Å². The maximum absolute atomic E-state index is 12.7. The van der Waals surface area contributed by atoms with Crippen LogP contribution in [-0.2, 0) is 23.0 Å². The third kappa shape index (κ3) is 5.01. The minimum absolute atomic E-state index is 0.0434. The fraction of sp³-hybridized carbons (Fsp3) is 0.364. The van der Waals surface area contributed by atoms with Crippen molar-refractivity contribution in [3.8, 4) is 0 Å². The molecule has 36 heavy (non-hydrogen) atoms. The zero-order chi connectivity index (χ0) is 26.3. The number of nitrogens with one attached hydrogen (secondary N) is 1. The van der Waals surface area contributed by atoms with E-state index in [-0.39, 0.29) is 17.4 Å². The highest BCUT2D eigenvalue weighted by Gasteiger charge is 2.50. The number of fused-ring (bicyclic) bond motifs is 1. The van der Waals surface area contributed by atoms with Crippen molar-refractivity contribution in [2.75, 3.05) is 18.1 Å². The molecule has 0 saturated carbocycles. The first-order valence-electron chi connectivity index (χ1n) is 11.0. The van der Waals surface area contributed by atoms with Crippen molar-refractivity contribution in [2.24, 2.45) is 5.10 Å². The summed E-state index contributed by atoms with van der Waals surface area (Å²) in [4.78, 5) is 4.59. The smallest absolute Gasteiger partial charge is 0.373 e. The second-order valence-corrected chi connectivity index (χ2v) is 10.5. The van der Waals surface area contributed by atoms with Crippen molar-refractivity contribution in [2.45, 2.75) is 38.5 Å². The molecule has 1 aliphatic rings. The predicted octanol–water partition coefficient (Wildman–Crippen LogP) is 3.55. The van der Waals surface area contributed by atoms with Gasteiger partial charge < -0.3 is 5.11 Å². The third-order valence-electron chi connectivity index (χ3n) is 5.80. The Morgan fingerprint density at radius 3 is 2.50 bits per heavy atom. The molecule has 194 valence electrons. The molecule has 0 spiro atoms. The molecule has 4 rings (SSSR count). The van der Waals surface area contributed by atoms with Gasteiger partial charge in [-0.3, -0.25) is 14.7 Å². The number of rotatable bonds is 7. The topological polar surface area (TPSA) is 103 Å². The summed E-state index contributed by atoms with van der Waals surface area (Å²) >= 11 is 6.27. The fourth-order valence-corrected chi connectivity index (χ4v) is 4.72. The first kappa shape index (κ1) is 26.2. The van der Waals surface area contributed by atoms with E-state index in [1.54, 1.807) is 34.9 Å². The Morgan fingerprint density at radius 2 is 1.92 bits per heavy atom. The molecule has 3 heterocycles. The lowest BCUT2D eigenvalue weighted by molar-refractivity contribution is -0.0471. The van der Waals surface area contributed by atoms with Crippen LogP contribution in [0.3, 0.4) is 0 Å². The van der Waals surface area contributed by atoms with Crippen molar-refractivity contribution in [1.82, 2.24) is 19.0 Å². The molecule has 9 nitrogen and oxygen atoms in total. The van der Waals surface area contributed by atoms with E-state index < -0.39 is 21.8 Å². The molecule has 2 N–H and O–H groups in total. The lowest BCUT2D eigenvalue weighted by Crippen LogP contribution is -2.46. The van der Waals surface area contributed by atoms with Crippen LogP contribution in [-0.4, -0.2) is 52.2 Å². The summed E-state index contributed by atoms with van der Waals surface area (Å²) in [7, 11) is -5.46. The molecule has 1 aliphatic heterocycles. The summed E-state index contributed by atoms with van der Waals surface area (Å²) in [6.07, 6.45) is 2.00. The lowest BCUT2D eigenvalue weighted by atomic mass is 10.2. The first-order chi connectivity index (χ1) is 16.9. The quantitative estimate of drug-likeness (QED) is 0.441. The van der Waals surface area contributed by atoms with Crippen molar-refractivity contribution >= 4 is 39.3 Å².